The Morgan fingerprint density at radius 3 is 2.38 bits per heavy atom. The van der Waals surface area contributed by atoms with Crippen LogP contribution in [0.5, 0.6) is 11.5 Å². The molecular weight excluding hydrogens is 290 g/mol. The molecule has 0 fully saturated rings. The largest absolute Gasteiger partial charge is 0.504 e. The summed E-state index contributed by atoms with van der Waals surface area (Å²) in [4.78, 5) is 0. The summed E-state index contributed by atoms with van der Waals surface area (Å²) in [6, 6.07) is 13.2. The molecule has 0 saturated heterocycles. The zero-order valence-corrected chi connectivity index (χ0v) is 11.9. The second-order valence-corrected chi connectivity index (χ2v) is 6.05. The highest BCUT2D eigenvalue weighted by Gasteiger charge is 2.05. The highest BCUT2D eigenvalue weighted by atomic mass is 32.2. The van der Waals surface area contributed by atoms with E-state index in [2.05, 4.69) is 4.72 Å². The molecule has 2 aromatic rings. The van der Waals surface area contributed by atoms with E-state index in [1.807, 2.05) is 30.3 Å². The van der Waals surface area contributed by atoms with Crippen LogP contribution in [0.25, 0.3) is 6.08 Å². The van der Waals surface area contributed by atoms with Gasteiger partial charge in [-0.3, -0.25) is 0 Å². The Morgan fingerprint density at radius 2 is 1.71 bits per heavy atom. The van der Waals surface area contributed by atoms with E-state index in [0.29, 0.717) is 5.56 Å². The molecule has 0 aliphatic heterocycles. The first-order valence-electron chi connectivity index (χ1n) is 6.20. The van der Waals surface area contributed by atoms with Gasteiger partial charge in [-0.15, -0.1) is 0 Å². The van der Waals surface area contributed by atoms with Crippen molar-refractivity contribution in [3.8, 4) is 11.5 Å². The van der Waals surface area contributed by atoms with Gasteiger partial charge in [0.15, 0.2) is 11.5 Å². The van der Waals surface area contributed by atoms with Crippen LogP contribution in [0.1, 0.15) is 11.1 Å². The zero-order valence-electron chi connectivity index (χ0n) is 11.1. The van der Waals surface area contributed by atoms with Gasteiger partial charge in [0.2, 0.25) is 10.0 Å². The van der Waals surface area contributed by atoms with Gasteiger partial charge in [-0.25, -0.2) is 13.1 Å². The molecule has 0 amide bonds. The summed E-state index contributed by atoms with van der Waals surface area (Å²) < 4.78 is 26.1. The summed E-state index contributed by atoms with van der Waals surface area (Å²) in [5.74, 6) is -0.552. The van der Waals surface area contributed by atoms with Crippen LogP contribution >= 0.6 is 0 Å². The average Bonchev–Trinajstić information content (AvgIpc) is 2.48. The van der Waals surface area contributed by atoms with Crippen LogP contribution in [0.3, 0.4) is 0 Å². The van der Waals surface area contributed by atoms with Crippen LogP contribution in [-0.4, -0.2) is 18.6 Å². The van der Waals surface area contributed by atoms with Crippen LogP contribution in [0.15, 0.2) is 53.9 Å². The van der Waals surface area contributed by atoms with Crippen molar-refractivity contribution >= 4 is 16.1 Å². The predicted octanol–water partition coefficient (Wildman–Crippen LogP) is 2.19. The molecule has 21 heavy (non-hydrogen) atoms. The average molecular weight is 305 g/mol. The summed E-state index contributed by atoms with van der Waals surface area (Å²) in [5, 5.41) is 19.5. The standard InChI is InChI=1S/C15H15NO4S/c17-14-7-6-12(10-15(14)18)8-9-21(19,20)16-11-13-4-2-1-3-5-13/h1-10,16-18H,11H2/b9-8+. The van der Waals surface area contributed by atoms with Gasteiger partial charge in [0.05, 0.1) is 0 Å². The van der Waals surface area contributed by atoms with Gasteiger partial charge in [0, 0.05) is 12.0 Å². The fourth-order valence-electron chi connectivity index (χ4n) is 1.64. The lowest BCUT2D eigenvalue weighted by molar-refractivity contribution is 0.403. The molecule has 0 saturated carbocycles. The lowest BCUT2D eigenvalue weighted by Crippen LogP contribution is -2.20. The van der Waals surface area contributed by atoms with Crippen molar-refractivity contribution in [3.63, 3.8) is 0 Å². The van der Waals surface area contributed by atoms with E-state index in [-0.39, 0.29) is 18.0 Å². The van der Waals surface area contributed by atoms with Gasteiger partial charge >= 0.3 is 0 Å². The van der Waals surface area contributed by atoms with Crippen molar-refractivity contribution in [2.45, 2.75) is 6.54 Å². The van der Waals surface area contributed by atoms with E-state index in [9.17, 15) is 18.6 Å². The molecule has 0 unspecified atom stereocenters. The molecule has 0 heterocycles. The Morgan fingerprint density at radius 1 is 1.00 bits per heavy atom. The summed E-state index contributed by atoms with van der Waals surface area (Å²) in [6.07, 6.45) is 1.34. The number of benzene rings is 2. The second-order valence-electron chi connectivity index (χ2n) is 4.40. The Bertz CT molecular complexity index is 740. The number of hydrogen-bond donors (Lipinski definition) is 3. The van der Waals surface area contributed by atoms with Crippen LogP contribution in [-0.2, 0) is 16.6 Å². The van der Waals surface area contributed by atoms with Gasteiger partial charge in [0.25, 0.3) is 0 Å². The van der Waals surface area contributed by atoms with Crippen molar-refractivity contribution in [1.29, 1.82) is 0 Å². The zero-order chi connectivity index (χ0) is 15.3. The summed E-state index contributed by atoms with van der Waals surface area (Å²) >= 11 is 0. The van der Waals surface area contributed by atoms with E-state index in [0.717, 1.165) is 11.0 Å². The number of aromatic hydroxyl groups is 2. The molecule has 0 atom stereocenters. The number of rotatable bonds is 5. The number of sulfonamides is 1. The van der Waals surface area contributed by atoms with Crippen LogP contribution < -0.4 is 4.72 Å². The van der Waals surface area contributed by atoms with Crippen molar-refractivity contribution in [3.05, 3.63) is 65.1 Å². The Hall–Kier alpha value is -2.31. The number of phenols is 2. The third-order valence-electron chi connectivity index (χ3n) is 2.76. The molecule has 6 heteroatoms. The van der Waals surface area contributed by atoms with Gasteiger partial charge in [0.1, 0.15) is 0 Å². The fourth-order valence-corrected chi connectivity index (χ4v) is 2.44. The van der Waals surface area contributed by atoms with Crippen molar-refractivity contribution in [2.75, 3.05) is 0 Å². The molecule has 0 aromatic heterocycles. The molecule has 3 N–H and O–H groups in total. The van der Waals surface area contributed by atoms with E-state index >= 15 is 0 Å². The van der Waals surface area contributed by atoms with Crippen molar-refractivity contribution in [1.82, 2.24) is 4.72 Å². The summed E-state index contributed by atoms with van der Waals surface area (Å²) in [6.45, 7) is 0.203. The fraction of sp³-hybridized carbons (Fsp3) is 0.0667. The molecule has 2 aromatic carbocycles. The van der Waals surface area contributed by atoms with Gasteiger partial charge in [-0.1, -0.05) is 36.4 Å². The first kappa shape index (κ1) is 15.1. The molecule has 0 aliphatic rings. The minimum atomic E-state index is -3.58. The maximum Gasteiger partial charge on any atom is 0.234 e. The smallest absolute Gasteiger partial charge is 0.234 e. The van der Waals surface area contributed by atoms with Gasteiger partial charge in [-0.2, -0.15) is 0 Å². The molecule has 0 radical (unpaired) electrons. The monoisotopic (exact) mass is 305 g/mol. The third-order valence-corrected chi connectivity index (χ3v) is 3.80. The molecular formula is C15H15NO4S. The lowest BCUT2D eigenvalue weighted by atomic mass is 10.2. The summed E-state index contributed by atoms with van der Waals surface area (Å²) in [5.41, 5.74) is 1.33. The molecule has 0 spiro atoms. The number of hydrogen-bond acceptors (Lipinski definition) is 4. The first-order valence-corrected chi connectivity index (χ1v) is 7.74. The Kier molecular flexibility index (Phi) is 4.62. The topological polar surface area (TPSA) is 86.6 Å². The molecule has 0 bridgehead atoms. The maximum absolute atomic E-state index is 11.8. The van der Waals surface area contributed by atoms with E-state index in [4.69, 9.17) is 0 Å². The van der Waals surface area contributed by atoms with Crippen LogP contribution in [0.2, 0.25) is 0 Å². The lowest BCUT2D eigenvalue weighted by Gasteiger charge is -2.03. The molecule has 2 rings (SSSR count). The minimum Gasteiger partial charge on any atom is -0.504 e. The SMILES string of the molecule is O=S(=O)(/C=C/c1ccc(O)c(O)c1)NCc1ccccc1. The van der Waals surface area contributed by atoms with Crippen LogP contribution in [0, 0.1) is 0 Å². The molecule has 0 aliphatic carbocycles. The van der Waals surface area contributed by atoms with Crippen molar-refractivity contribution < 1.29 is 18.6 Å². The Balaban J connectivity index is 2.03. The normalized spacial score (nSPS) is 11.8. The van der Waals surface area contributed by atoms with E-state index in [1.54, 1.807) is 0 Å². The quantitative estimate of drug-likeness (QED) is 0.739. The van der Waals surface area contributed by atoms with Crippen molar-refractivity contribution in [2.24, 2.45) is 0 Å². The highest BCUT2D eigenvalue weighted by molar-refractivity contribution is 7.92. The molecule has 5 nitrogen and oxygen atoms in total. The maximum atomic E-state index is 11.8. The van der Waals surface area contributed by atoms with E-state index in [1.165, 1.54) is 24.3 Å². The third kappa shape index (κ3) is 4.62. The minimum absolute atomic E-state index is 0.203. The summed E-state index contributed by atoms with van der Waals surface area (Å²) in [7, 11) is -3.58. The predicted molar refractivity (Wildman–Crippen MR) is 81.0 cm³/mol. The van der Waals surface area contributed by atoms with Gasteiger partial charge < -0.3 is 10.2 Å². The number of phenolic OH excluding ortho intramolecular Hbond substituents is 2. The second kappa shape index (κ2) is 6.43. The first-order chi connectivity index (χ1) is 9.96. The van der Waals surface area contributed by atoms with Crippen LogP contribution in [0.4, 0.5) is 0 Å². The van der Waals surface area contributed by atoms with E-state index < -0.39 is 10.0 Å². The number of nitrogens with one attached hydrogen (secondary N) is 1. The Labute approximate surface area is 123 Å². The molecule has 110 valence electrons. The highest BCUT2D eigenvalue weighted by Crippen LogP contribution is 2.25. The van der Waals surface area contributed by atoms with Gasteiger partial charge in [-0.05, 0) is 29.3 Å².